The van der Waals surface area contributed by atoms with Gasteiger partial charge in [0.1, 0.15) is 11.6 Å². The fraction of sp³-hybridized carbons (Fsp3) is 0.0870. The molecule has 1 atom stereocenters. The van der Waals surface area contributed by atoms with Crippen LogP contribution in [0.5, 0.6) is 0 Å². The molecule has 0 bridgehead atoms. The van der Waals surface area contributed by atoms with Crippen LogP contribution in [0.4, 0.5) is 10.1 Å². The summed E-state index contributed by atoms with van der Waals surface area (Å²) in [7, 11) is 0. The molecule has 2 aromatic carbocycles. The summed E-state index contributed by atoms with van der Waals surface area (Å²) >= 11 is 0. The van der Waals surface area contributed by atoms with Gasteiger partial charge in [0.25, 0.3) is 11.7 Å². The van der Waals surface area contributed by atoms with E-state index in [1.165, 1.54) is 29.2 Å². The number of nitrogens with zero attached hydrogens (tertiary/aromatic N) is 2. The zero-order chi connectivity index (χ0) is 20.5. The van der Waals surface area contributed by atoms with Crippen molar-refractivity contribution in [2.75, 3.05) is 4.90 Å². The zero-order valence-corrected chi connectivity index (χ0v) is 15.5. The minimum atomic E-state index is -0.851. The molecule has 144 valence electrons. The van der Waals surface area contributed by atoms with Crippen LogP contribution in [-0.4, -0.2) is 21.8 Å². The van der Waals surface area contributed by atoms with E-state index in [0.717, 1.165) is 5.56 Å². The lowest BCUT2D eigenvalue weighted by Gasteiger charge is -2.25. The first kappa shape index (κ1) is 18.6. The van der Waals surface area contributed by atoms with Gasteiger partial charge in [-0.25, -0.2) is 4.39 Å². The maximum absolute atomic E-state index is 13.3. The number of carbonyl (C=O) groups is 2. The lowest BCUT2D eigenvalue weighted by Crippen LogP contribution is -2.29. The van der Waals surface area contributed by atoms with Crippen molar-refractivity contribution in [1.29, 1.82) is 0 Å². The second kappa shape index (κ2) is 7.31. The van der Waals surface area contributed by atoms with Gasteiger partial charge < -0.3 is 5.11 Å². The summed E-state index contributed by atoms with van der Waals surface area (Å²) in [6, 6.07) is 14.9. The summed E-state index contributed by atoms with van der Waals surface area (Å²) < 4.78 is 13.3. The van der Waals surface area contributed by atoms with Crippen molar-refractivity contribution in [1.82, 2.24) is 4.98 Å². The fourth-order valence-electron chi connectivity index (χ4n) is 3.49. The highest BCUT2D eigenvalue weighted by Gasteiger charge is 2.47. The van der Waals surface area contributed by atoms with E-state index < -0.39 is 23.5 Å². The largest absolute Gasteiger partial charge is 0.507 e. The van der Waals surface area contributed by atoms with E-state index in [1.54, 1.807) is 42.7 Å². The van der Waals surface area contributed by atoms with Crippen molar-refractivity contribution < 1.29 is 19.1 Å². The molecular formula is C23H17FN2O3. The number of carbonyl (C=O) groups excluding carboxylic acids is 2. The second-order valence-electron chi connectivity index (χ2n) is 6.80. The molecule has 0 aliphatic carbocycles. The number of rotatable bonds is 3. The monoisotopic (exact) mass is 388 g/mol. The van der Waals surface area contributed by atoms with Gasteiger partial charge in [0.15, 0.2) is 0 Å². The molecule has 1 unspecified atom stereocenters. The molecule has 0 radical (unpaired) electrons. The van der Waals surface area contributed by atoms with Crippen molar-refractivity contribution in [2.24, 2.45) is 0 Å². The molecular weight excluding hydrogens is 371 g/mol. The number of ketones is 1. The van der Waals surface area contributed by atoms with Crippen LogP contribution in [0.2, 0.25) is 0 Å². The SMILES string of the molecule is Cc1cccc(N2C(=O)C(=O)/C(=C(/O)c3ccc(F)cc3)C2c2cccnc2)c1. The fourth-order valence-corrected chi connectivity index (χ4v) is 3.49. The molecule has 4 rings (SSSR count). The van der Waals surface area contributed by atoms with Gasteiger partial charge in [0, 0.05) is 23.6 Å². The van der Waals surface area contributed by atoms with Crippen LogP contribution < -0.4 is 4.90 Å². The van der Waals surface area contributed by atoms with Crippen LogP contribution in [0.3, 0.4) is 0 Å². The maximum atomic E-state index is 13.3. The Morgan fingerprint density at radius 2 is 1.83 bits per heavy atom. The van der Waals surface area contributed by atoms with E-state index in [2.05, 4.69) is 4.98 Å². The van der Waals surface area contributed by atoms with Crippen LogP contribution in [0.15, 0.2) is 78.6 Å². The molecule has 0 saturated carbocycles. The Kier molecular flexibility index (Phi) is 4.68. The number of anilines is 1. The molecule has 2 heterocycles. The quantitative estimate of drug-likeness (QED) is 0.416. The van der Waals surface area contributed by atoms with Crippen LogP contribution in [-0.2, 0) is 9.59 Å². The third-order valence-corrected chi connectivity index (χ3v) is 4.84. The highest BCUT2D eigenvalue weighted by Crippen LogP contribution is 2.41. The Morgan fingerprint density at radius 1 is 1.07 bits per heavy atom. The Hall–Kier alpha value is -3.80. The average Bonchev–Trinajstić information content (AvgIpc) is 2.99. The van der Waals surface area contributed by atoms with E-state index >= 15 is 0 Å². The molecule has 1 amide bonds. The highest BCUT2D eigenvalue weighted by atomic mass is 19.1. The Labute approximate surface area is 166 Å². The lowest BCUT2D eigenvalue weighted by molar-refractivity contribution is -0.132. The number of aryl methyl sites for hydroxylation is 1. The smallest absolute Gasteiger partial charge is 0.300 e. The van der Waals surface area contributed by atoms with Gasteiger partial charge >= 0.3 is 0 Å². The normalized spacial score (nSPS) is 18.3. The van der Waals surface area contributed by atoms with Crippen LogP contribution >= 0.6 is 0 Å². The lowest BCUT2D eigenvalue weighted by atomic mass is 9.96. The van der Waals surface area contributed by atoms with E-state index in [9.17, 15) is 19.1 Å². The molecule has 1 N–H and O–H groups in total. The number of benzene rings is 2. The Bertz CT molecular complexity index is 1120. The van der Waals surface area contributed by atoms with Crippen molar-refractivity contribution in [3.63, 3.8) is 0 Å². The van der Waals surface area contributed by atoms with Gasteiger partial charge in [-0.2, -0.15) is 0 Å². The summed E-state index contributed by atoms with van der Waals surface area (Å²) in [5.74, 6) is -2.37. The van der Waals surface area contributed by atoms with Crippen molar-refractivity contribution in [3.8, 4) is 0 Å². The predicted molar refractivity (Wildman–Crippen MR) is 107 cm³/mol. The van der Waals surface area contributed by atoms with Crippen molar-refractivity contribution >= 4 is 23.1 Å². The number of aliphatic hydroxyl groups excluding tert-OH is 1. The predicted octanol–water partition coefficient (Wildman–Crippen LogP) is 4.16. The number of hydrogen-bond donors (Lipinski definition) is 1. The van der Waals surface area contributed by atoms with Gasteiger partial charge in [0.05, 0.1) is 11.6 Å². The summed E-state index contributed by atoms with van der Waals surface area (Å²) in [5, 5.41) is 10.9. The zero-order valence-electron chi connectivity index (χ0n) is 15.5. The van der Waals surface area contributed by atoms with Gasteiger partial charge in [-0.1, -0.05) is 18.2 Å². The number of Topliss-reactive ketones (excluding diaryl/α,β-unsaturated/α-hetero) is 1. The molecule has 29 heavy (non-hydrogen) atoms. The molecule has 1 aliphatic rings. The summed E-state index contributed by atoms with van der Waals surface area (Å²) in [6.45, 7) is 1.89. The summed E-state index contributed by atoms with van der Waals surface area (Å²) in [5.41, 5.74) is 2.24. The molecule has 0 spiro atoms. The molecule has 1 fully saturated rings. The van der Waals surface area contributed by atoms with Crippen LogP contribution in [0, 0.1) is 12.7 Å². The van der Waals surface area contributed by atoms with Gasteiger partial charge in [-0.15, -0.1) is 0 Å². The first-order valence-electron chi connectivity index (χ1n) is 9.01. The average molecular weight is 388 g/mol. The summed E-state index contributed by atoms with van der Waals surface area (Å²) in [4.78, 5) is 31.4. The molecule has 1 aromatic heterocycles. The molecule has 1 aliphatic heterocycles. The third kappa shape index (κ3) is 3.29. The first-order valence-corrected chi connectivity index (χ1v) is 9.01. The van der Waals surface area contributed by atoms with E-state index in [4.69, 9.17) is 0 Å². The number of amides is 1. The number of hydrogen-bond acceptors (Lipinski definition) is 4. The third-order valence-electron chi connectivity index (χ3n) is 4.84. The number of aliphatic hydroxyl groups is 1. The topological polar surface area (TPSA) is 70.5 Å². The maximum Gasteiger partial charge on any atom is 0.300 e. The van der Waals surface area contributed by atoms with E-state index in [1.807, 2.05) is 13.0 Å². The number of aromatic nitrogens is 1. The molecule has 5 nitrogen and oxygen atoms in total. The van der Waals surface area contributed by atoms with E-state index in [0.29, 0.717) is 11.3 Å². The first-order chi connectivity index (χ1) is 14.0. The minimum absolute atomic E-state index is 0.0592. The van der Waals surface area contributed by atoms with E-state index in [-0.39, 0.29) is 16.9 Å². The van der Waals surface area contributed by atoms with Crippen LogP contribution in [0.1, 0.15) is 22.7 Å². The van der Waals surface area contributed by atoms with Crippen molar-refractivity contribution in [2.45, 2.75) is 13.0 Å². The highest BCUT2D eigenvalue weighted by molar-refractivity contribution is 6.51. The number of halogens is 1. The number of pyridine rings is 1. The van der Waals surface area contributed by atoms with Crippen molar-refractivity contribution in [3.05, 3.63) is 101 Å². The van der Waals surface area contributed by atoms with Gasteiger partial charge in [0.2, 0.25) is 0 Å². The molecule has 1 saturated heterocycles. The van der Waals surface area contributed by atoms with Gasteiger partial charge in [-0.05, 0) is 60.5 Å². The second-order valence-corrected chi connectivity index (χ2v) is 6.80. The minimum Gasteiger partial charge on any atom is -0.507 e. The molecule has 3 aromatic rings. The Morgan fingerprint density at radius 3 is 2.48 bits per heavy atom. The Balaban J connectivity index is 1.94. The standard InChI is InChI=1S/C23H17FN2O3/c1-14-4-2-6-18(12-14)26-20(16-5-3-11-25-13-16)19(22(28)23(26)29)21(27)15-7-9-17(24)10-8-15/h2-13,20,27H,1H3/b21-19+. The molecule has 6 heteroatoms. The van der Waals surface area contributed by atoms with Crippen LogP contribution in [0.25, 0.3) is 5.76 Å². The summed E-state index contributed by atoms with van der Waals surface area (Å²) in [6.07, 6.45) is 3.14. The van der Waals surface area contributed by atoms with Gasteiger partial charge in [-0.3, -0.25) is 19.5 Å².